The maximum absolute atomic E-state index is 11.0. The highest BCUT2D eigenvalue weighted by atomic mass is 16.4. The second-order valence-electron chi connectivity index (χ2n) is 4.41. The molecule has 13 heavy (non-hydrogen) atoms. The fraction of sp³-hybridized carbons (Fsp3) is 0.900. The van der Waals surface area contributed by atoms with Gasteiger partial charge in [0.25, 0.3) is 0 Å². The minimum Gasteiger partial charge on any atom is -0.480 e. The molecule has 0 radical (unpaired) electrons. The van der Waals surface area contributed by atoms with Crippen molar-refractivity contribution in [1.29, 1.82) is 0 Å². The zero-order valence-electron chi connectivity index (χ0n) is 8.71. The molecule has 3 heteroatoms. The largest absolute Gasteiger partial charge is 0.480 e. The third-order valence-electron chi connectivity index (χ3n) is 3.28. The van der Waals surface area contributed by atoms with Crippen LogP contribution in [-0.4, -0.2) is 34.6 Å². The molecule has 0 unspecified atom stereocenters. The molecule has 1 aliphatic rings. The summed E-state index contributed by atoms with van der Waals surface area (Å²) in [6, 6.07) is 0.464. The van der Waals surface area contributed by atoms with Crippen LogP contribution in [0.2, 0.25) is 0 Å². The molecule has 0 aromatic carbocycles. The summed E-state index contributed by atoms with van der Waals surface area (Å²) in [6.45, 7) is 3.54. The molecule has 0 saturated heterocycles. The van der Waals surface area contributed by atoms with Crippen molar-refractivity contribution in [2.45, 2.75) is 51.1 Å². The number of hydrogen-bond acceptors (Lipinski definition) is 2. The summed E-state index contributed by atoms with van der Waals surface area (Å²) in [5.74, 6) is -0.734. The molecule has 1 aliphatic carbocycles. The molecule has 0 aromatic rings. The molecule has 76 valence electrons. The summed E-state index contributed by atoms with van der Waals surface area (Å²) in [6.07, 6.45) is 4.77. The Morgan fingerprint density at radius 2 is 1.85 bits per heavy atom. The van der Waals surface area contributed by atoms with E-state index in [4.69, 9.17) is 5.11 Å². The number of rotatable bonds is 3. The highest BCUT2D eigenvalue weighted by Crippen LogP contribution is 2.27. The Balaban J connectivity index is 2.64. The van der Waals surface area contributed by atoms with Gasteiger partial charge >= 0.3 is 5.97 Å². The van der Waals surface area contributed by atoms with E-state index in [1.165, 1.54) is 12.8 Å². The molecule has 0 aromatic heterocycles. The number of carbonyl (C=O) groups is 1. The molecule has 0 bridgehead atoms. The van der Waals surface area contributed by atoms with Crippen LogP contribution in [0.1, 0.15) is 39.5 Å². The van der Waals surface area contributed by atoms with Gasteiger partial charge in [0.2, 0.25) is 0 Å². The Kier molecular flexibility index (Phi) is 2.96. The summed E-state index contributed by atoms with van der Waals surface area (Å²) in [4.78, 5) is 13.0. The van der Waals surface area contributed by atoms with Gasteiger partial charge in [0.1, 0.15) is 5.54 Å². The predicted octanol–water partition coefficient (Wildman–Crippen LogP) is 1.72. The lowest BCUT2D eigenvalue weighted by Crippen LogP contribution is -2.51. The van der Waals surface area contributed by atoms with Crippen LogP contribution in [0.15, 0.2) is 0 Å². The Morgan fingerprint density at radius 3 is 2.23 bits per heavy atom. The van der Waals surface area contributed by atoms with Crippen LogP contribution in [0.25, 0.3) is 0 Å². The van der Waals surface area contributed by atoms with Crippen molar-refractivity contribution < 1.29 is 9.90 Å². The smallest absolute Gasteiger partial charge is 0.323 e. The van der Waals surface area contributed by atoms with E-state index in [2.05, 4.69) is 0 Å². The minimum atomic E-state index is -0.734. The SMILES string of the molecule is CN(C1CCCC1)C(C)(C)C(=O)O. The number of nitrogens with zero attached hydrogens (tertiary/aromatic N) is 1. The Labute approximate surface area is 79.7 Å². The van der Waals surface area contributed by atoms with Crippen LogP contribution < -0.4 is 0 Å². The van der Waals surface area contributed by atoms with E-state index >= 15 is 0 Å². The van der Waals surface area contributed by atoms with Gasteiger partial charge in [-0.25, -0.2) is 0 Å². The van der Waals surface area contributed by atoms with Gasteiger partial charge in [-0.3, -0.25) is 9.69 Å². The average molecular weight is 185 g/mol. The van der Waals surface area contributed by atoms with Crippen LogP contribution in [0.3, 0.4) is 0 Å². The topological polar surface area (TPSA) is 40.5 Å². The lowest BCUT2D eigenvalue weighted by Gasteiger charge is -2.36. The lowest BCUT2D eigenvalue weighted by molar-refractivity contribution is -0.149. The number of carboxylic acids is 1. The first kappa shape index (κ1) is 10.5. The Morgan fingerprint density at radius 1 is 1.38 bits per heavy atom. The van der Waals surface area contributed by atoms with Crippen molar-refractivity contribution >= 4 is 5.97 Å². The Bertz CT molecular complexity index is 195. The van der Waals surface area contributed by atoms with Crippen LogP contribution in [0.4, 0.5) is 0 Å². The number of likely N-dealkylation sites (N-methyl/N-ethyl adjacent to an activating group) is 1. The molecule has 0 atom stereocenters. The fourth-order valence-electron chi connectivity index (χ4n) is 1.90. The highest BCUT2D eigenvalue weighted by Gasteiger charge is 2.36. The third kappa shape index (κ3) is 2.02. The summed E-state index contributed by atoms with van der Waals surface area (Å²) in [7, 11) is 1.92. The molecule has 0 amide bonds. The fourth-order valence-corrected chi connectivity index (χ4v) is 1.90. The highest BCUT2D eigenvalue weighted by molar-refractivity contribution is 5.77. The molecule has 1 fully saturated rings. The normalized spacial score (nSPS) is 19.7. The number of aliphatic carboxylic acids is 1. The molecule has 0 aliphatic heterocycles. The first-order valence-electron chi connectivity index (χ1n) is 4.92. The number of carboxylic acid groups (broad SMARTS) is 1. The molecular formula is C10H19NO2. The summed E-state index contributed by atoms with van der Waals surface area (Å²) >= 11 is 0. The van der Waals surface area contributed by atoms with Crippen molar-refractivity contribution in [3.05, 3.63) is 0 Å². The maximum atomic E-state index is 11.0. The van der Waals surface area contributed by atoms with Crippen LogP contribution in [0, 0.1) is 0 Å². The van der Waals surface area contributed by atoms with Crippen molar-refractivity contribution in [1.82, 2.24) is 4.90 Å². The van der Waals surface area contributed by atoms with Crippen molar-refractivity contribution in [2.75, 3.05) is 7.05 Å². The van der Waals surface area contributed by atoms with E-state index in [0.29, 0.717) is 6.04 Å². The minimum absolute atomic E-state index is 0.464. The van der Waals surface area contributed by atoms with E-state index in [1.807, 2.05) is 11.9 Å². The van der Waals surface area contributed by atoms with Gasteiger partial charge in [-0.05, 0) is 33.7 Å². The molecule has 0 spiro atoms. The van der Waals surface area contributed by atoms with Gasteiger partial charge in [-0.15, -0.1) is 0 Å². The molecule has 1 saturated carbocycles. The van der Waals surface area contributed by atoms with Crippen molar-refractivity contribution in [3.63, 3.8) is 0 Å². The number of hydrogen-bond donors (Lipinski definition) is 1. The second kappa shape index (κ2) is 3.66. The zero-order valence-corrected chi connectivity index (χ0v) is 8.71. The van der Waals surface area contributed by atoms with E-state index in [-0.39, 0.29) is 0 Å². The standard InChI is InChI=1S/C10H19NO2/c1-10(2,9(12)13)11(3)8-6-4-5-7-8/h8H,4-7H2,1-3H3,(H,12,13). The molecule has 3 nitrogen and oxygen atoms in total. The van der Waals surface area contributed by atoms with E-state index in [1.54, 1.807) is 13.8 Å². The third-order valence-corrected chi connectivity index (χ3v) is 3.28. The summed E-state index contributed by atoms with van der Waals surface area (Å²) in [5.41, 5.74) is -0.727. The Hall–Kier alpha value is -0.570. The van der Waals surface area contributed by atoms with Gasteiger partial charge in [0.15, 0.2) is 0 Å². The van der Waals surface area contributed by atoms with Crippen LogP contribution in [0.5, 0.6) is 0 Å². The lowest BCUT2D eigenvalue weighted by atomic mass is 10.0. The molecule has 0 heterocycles. The quantitative estimate of drug-likeness (QED) is 0.728. The maximum Gasteiger partial charge on any atom is 0.323 e. The van der Waals surface area contributed by atoms with Crippen molar-refractivity contribution in [2.24, 2.45) is 0 Å². The van der Waals surface area contributed by atoms with E-state index in [0.717, 1.165) is 12.8 Å². The van der Waals surface area contributed by atoms with Crippen molar-refractivity contribution in [3.8, 4) is 0 Å². The second-order valence-corrected chi connectivity index (χ2v) is 4.41. The predicted molar refractivity (Wildman–Crippen MR) is 51.7 cm³/mol. The van der Waals surface area contributed by atoms with Gasteiger partial charge in [-0.2, -0.15) is 0 Å². The van der Waals surface area contributed by atoms with Gasteiger partial charge < -0.3 is 5.11 Å². The first-order chi connectivity index (χ1) is 5.96. The summed E-state index contributed by atoms with van der Waals surface area (Å²) in [5, 5.41) is 9.03. The van der Waals surface area contributed by atoms with Gasteiger partial charge in [0.05, 0.1) is 0 Å². The average Bonchev–Trinajstić information content (AvgIpc) is 2.54. The van der Waals surface area contributed by atoms with E-state index in [9.17, 15) is 4.79 Å². The van der Waals surface area contributed by atoms with Gasteiger partial charge in [-0.1, -0.05) is 12.8 Å². The first-order valence-corrected chi connectivity index (χ1v) is 4.92. The van der Waals surface area contributed by atoms with E-state index < -0.39 is 11.5 Å². The van der Waals surface area contributed by atoms with Crippen LogP contribution >= 0.6 is 0 Å². The monoisotopic (exact) mass is 185 g/mol. The molecular weight excluding hydrogens is 166 g/mol. The summed E-state index contributed by atoms with van der Waals surface area (Å²) < 4.78 is 0. The zero-order chi connectivity index (χ0) is 10.1. The van der Waals surface area contributed by atoms with Crippen LogP contribution in [-0.2, 0) is 4.79 Å². The van der Waals surface area contributed by atoms with Gasteiger partial charge in [0, 0.05) is 6.04 Å². The molecule has 1 rings (SSSR count). The molecule has 1 N–H and O–H groups in total.